The summed E-state index contributed by atoms with van der Waals surface area (Å²) in [7, 11) is 0. The van der Waals surface area contributed by atoms with E-state index in [2.05, 4.69) is 20.6 Å². The lowest BCUT2D eigenvalue weighted by atomic mass is 9.87. The van der Waals surface area contributed by atoms with Crippen molar-refractivity contribution in [2.75, 3.05) is 10.6 Å². The van der Waals surface area contributed by atoms with Crippen molar-refractivity contribution in [1.82, 2.24) is 9.97 Å². The molecule has 48 heavy (non-hydrogen) atoms. The van der Waals surface area contributed by atoms with Crippen molar-refractivity contribution in [3.8, 4) is 34.7 Å². The Morgan fingerprint density at radius 2 is 1.27 bits per heavy atom. The molecule has 4 rings (SSSR count). The molecule has 2 aromatic heterocycles. The fourth-order valence-electron chi connectivity index (χ4n) is 3.94. The molecule has 0 radical (unpaired) electrons. The third-order valence-electron chi connectivity index (χ3n) is 6.49. The molecule has 2 heterocycles. The number of benzene rings is 2. The van der Waals surface area contributed by atoms with Crippen LogP contribution in [0.3, 0.4) is 0 Å². The highest BCUT2D eigenvalue weighted by atomic mass is 32.1. The third kappa shape index (κ3) is 10.8. The number of hydrogen-bond acceptors (Lipinski definition) is 10. The zero-order valence-corrected chi connectivity index (χ0v) is 27.2. The van der Waals surface area contributed by atoms with Crippen molar-refractivity contribution in [3.63, 3.8) is 0 Å². The Bertz CT molecular complexity index is 1910. The van der Waals surface area contributed by atoms with Gasteiger partial charge in [0.05, 0.1) is 0 Å². The van der Waals surface area contributed by atoms with E-state index < -0.39 is 34.9 Å². The summed E-state index contributed by atoms with van der Waals surface area (Å²) in [6.45, 7) is 3.27. The summed E-state index contributed by atoms with van der Waals surface area (Å²) in [5, 5.41) is 41.3. The predicted molar refractivity (Wildman–Crippen MR) is 174 cm³/mol. The maximum absolute atomic E-state index is 13.4. The van der Waals surface area contributed by atoms with Crippen LogP contribution in [0.5, 0.6) is 0 Å². The number of thiazole rings is 2. The van der Waals surface area contributed by atoms with Crippen molar-refractivity contribution in [2.45, 2.75) is 46.0 Å². The number of amides is 2. The Balaban J connectivity index is 0.000000261. The Morgan fingerprint density at radius 3 is 1.71 bits per heavy atom. The van der Waals surface area contributed by atoms with Gasteiger partial charge in [0, 0.05) is 35.8 Å². The summed E-state index contributed by atoms with van der Waals surface area (Å²) in [6, 6.07) is 15.3. The minimum absolute atomic E-state index is 0.0447. The first-order valence-corrected chi connectivity index (χ1v) is 15.7. The highest BCUT2D eigenvalue weighted by molar-refractivity contribution is 7.17. The Kier molecular flexibility index (Phi) is 12.9. The molecule has 12 nitrogen and oxygen atoms in total. The molecule has 0 aliphatic rings. The van der Waals surface area contributed by atoms with Crippen LogP contribution in [0, 0.1) is 39.7 Å². The average Bonchev–Trinajstić information content (AvgIpc) is 3.64. The molecule has 0 bridgehead atoms. The summed E-state index contributed by atoms with van der Waals surface area (Å²) >= 11 is 1.97. The van der Waals surface area contributed by atoms with Gasteiger partial charge in [0.25, 0.3) is 0 Å². The van der Waals surface area contributed by atoms with Gasteiger partial charge in [-0.05, 0) is 37.1 Å². The molecule has 0 fully saturated rings. The monoisotopic (exact) mass is 694 g/mol. The number of anilines is 2. The zero-order valence-electron chi connectivity index (χ0n) is 25.5. The number of nitriles is 2. The van der Waals surface area contributed by atoms with Gasteiger partial charge < -0.3 is 20.8 Å². The summed E-state index contributed by atoms with van der Waals surface area (Å²) in [6.07, 6.45) is 0.207. The van der Waals surface area contributed by atoms with Crippen LogP contribution in [0.2, 0.25) is 0 Å². The smallest absolute Gasteiger partial charge is 0.303 e. The maximum atomic E-state index is 13.4. The van der Waals surface area contributed by atoms with Crippen LogP contribution in [0.1, 0.15) is 55.7 Å². The topological polar surface area (TPSA) is 206 Å². The molecule has 4 aromatic rings. The van der Waals surface area contributed by atoms with Crippen molar-refractivity contribution >= 4 is 56.7 Å². The molecule has 2 aromatic carbocycles. The second-order valence-corrected chi connectivity index (χ2v) is 12.7. The summed E-state index contributed by atoms with van der Waals surface area (Å²) < 4.78 is 26.7. The van der Waals surface area contributed by atoms with Crippen molar-refractivity contribution in [2.24, 2.45) is 5.41 Å². The van der Waals surface area contributed by atoms with Crippen LogP contribution in [0.15, 0.2) is 48.5 Å². The second-order valence-electron chi connectivity index (χ2n) is 10.7. The van der Waals surface area contributed by atoms with E-state index in [0.717, 1.165) is 22.7 Å². The third-order valence-corrected chi connectivity index (χ3v) is 8.24. The van der Waals surface area contributed by atoms with E-state index in [9.17, 15) is 33.2 Å². The number of carboxylic acid groups (broad SMARTS) is 2. The summed E-state index contributed by atoms with van der Waals surface area (Å²) in [5.41, 5.74) is 0.585. The van der Waals surface area contributed by atoms with Gasteiger partial charge in [0.15, 0.2) is 10.3 Å². The van der Waals surface area contributed by atoms with Crippen molar-refractivity contribution < 1.29 is 38.2 Å². The Labute approximate surface area is 281 Å². The van der Waals surface area contributed by atoms with Crippen molar-refractivity contribution in [1.29, 1.82) is 10.5 Å². The molecule has 0 saturated heterocycles. The van der Waals surface area contributed by atoms with Crippen LogP contribution >= 0.6 is 22.7 Å². The van der Waals surface area contributed by atoms with E-state index in [1.165, 1.54) is 36.4 Å². The summed E-state index contributed by atoms with van der Waals surface area (Å²) in [4.78, 5) is 54.1. The number of nitrogens with zero attached hydrogens (tertiary/aromatic N) is 4. The predicted octanol–water partition coefficient (Wildman–Crippen LogP) is 6.66. The fraction of sp³-hybridized carbons (Fsp3) is 0.250. The highest BCUT2D eigenvalue weighted by Gasteiger charge is 2.29. The van der Waals surface area contributed by atoms with Gasteiger partial charge in [-0.3, -0.25) is 19.2 Å². The van der Waals surface area contributed by atoms with Crippen LogP contribution in [-0.2, 0) is 19.2 Å². The number of nitrogens with one attached hydrogen (secondary N) is 2. The number of aliphatic carboxylic acids is 2. The molecule has 0 aliphatic carbocycles. The standard InChI is InChI=1S/C17H16FN3O3S.C15H12FN3O3S/c1-17(2,7-6-13(22)23)15(24)21-16-20-14(12(9-19)25-16)10-4-3-5-11(18)8-10;16-10-4-1-3-9(7-10)14-11(8-17)23-15(19-14)18-12(20)5-2-6-13(21)22/h3-5,8H,6-7H2,1-2H3,(H,22,23)(H,20,21,24);1,3-4,7H,2,5-6H2,(H,21,22)(H,18,19,20). The van der Waals surface area contributed by atoms with Gasteiger partial charge in [0.1, 0.15) is 44.9 Å². The van der Waals surface area contributed by atoms with Crippen LogP contribution in [-0.4, -0.2) is 43.9 Å². The molecular formula is C32H28F2N6O6S2. The van der Waals surface area contributed by atoms with Crippen molar-refractivity contribution in [3.05, 3.63) is 69.9 Å². The number of aromatic nitrogens is 2. The molecule has 0 spiro atoms. The quantitative estimate of drug-likeness (QED) is 0.124. The van der Waals surface area contributed by atoms with Gasteiger partial charge in [0.2, 0.25) is 11.8 Å². The van der Waals surface area contributed by atoms with Crippen LogP contribution in [0.25, 0.3) is 22.5 Å². The first-order chi connectivity index (χ1) is 22.7. The normalized spacial score (nSPS) is 10.5. The van der Waals surface area contributed by atoms with E-state index in [0.29, 0.717) is 22.5 Å². The molecular weight excluding hydrogens is 667 g/mol. The second kappa shape index (κ2) is 16.8. The molecule has 0 unspecified atom stereocenters. The van der Waals surface area contributed by atoms with E-state index in [-0.39, 0.29) is 58.0 Å². The number of carboxylic acids is 2. The van der Waals surface area contributed by atoms with Gasteiger partial charge in [-0.25, -0.2) is 18.7 Å². The number of hydrogen-bond donors (Lipinski definition) is 4. The van der Waals surface area contributed by atoms with E-state index >= 15 is 0 Å². The van der Waals surface area contributed by atoms with E-state index in [1.54, 1.807) is 26.0 Å². The minimum Gasteiger partial charge on any atom is -0.481 e. The Morgan fingerprint density at radius 1 is 0.792 bits per heavy atom. The molecule has 0 aliphatic heterocycles. The van der Waals surface area contributed by atoms with Gasteiger partial charge in [-0.15, -0.1) is 0 Å². The highest BCUT2D eigenvalue weighted by Crippen LogP contribution is 2.33. The maximum Gasteiger partial charge on any atom is 0.303 e. The van der Waals surface area contributed by atoms with E-state index in [4.69, 9.17) is 15.5 Å². The number of halogens is 2. The minimum atomic E-state index is -0.977. The van der Waals surface area contributed by atoms with Crippen LogP contribution in [0.4, 0.5) is 19.0 Å². The fourth-order valence-corrected chi connectivity index (χ4v) is 5.52. The first-order valence-electron chi connectivity index (χ1n) is 14.1. The lowest BCUT2D eigenvalue weighted by Gasteiger charge is -2.21. The lowest BCUT2D eigenvalue weighted by Crippen LogP contribution is -2.31. The average molecular weight is 695 g/mol. The largest absolute Gasteiger partial charge is 0.481 e. The van der Waals surface area contributed by atoms with Gasteiger partial charge in [-0.1, -0.05) is 60.8 Å². The molecule has 16 heteroatoms. The number of carbonyl (C=O) groups is 4. The molecule has 248 valence electrons. The summed E-state index contributed by atoms with van der Waals surface area (Å²) in [5.74, 6) is -3.61. The first kappa shape index (κ1) is 36.9. The van der Waals surface area contributed by atoms with E-state index in [1.807, 2.05) is 12.1 Å². The van der Waals surface area contributed by atoms with Crippen LogP contribution < -0.4 is 10.6 Å². The number of rotatable bonds is 12. The molecule has 4 N–H and O–H groups in total. The Hall–Kier alpha value is -5.58. The number of carbonyl (C=O) groups excluding carboxylic acids is 2. The van der Waals surface area contributed by atoms with Gasteiger partial charge in [-0.2, -0.15) is 10.5 Å². The van der Waals surface area contributed by atoms with Gasteiger partial charge >= 0.3 is 11.9 Å². The lowest BCUT2D eigenvalue weighted by molar-refractivity contribution is -0.138. The molecule has 2 amide bonds. The molecule has 0 saturated carbocycles. The zero-order chi connectivity index (χ0) is 35.4. The molecule has 0 atom stereocenters. The SMILES string of the molecule is CC(C)(CCC(=O)O)C(=O)Nc1nc(-c2cccc(F)c2)c(C#N)s1.N#Cc1sc(NC(=O)CCCC(=O)O)nc1-c1cccc(F)c1.